The van der Waals surface area contributed by atoms with Gasteiger partial charge in [0, 0.05) is 6.04 Å². The molecule has 15 heavy (non-hydrogen) atoms. The number of nitrogens with zero attached hydrogens (tertiary/aromatic N) is 2. The molecule has 1 aliphatic rings. The normalized spacial score (nSPS) is 26.0. The molecule has 84 valence electrons. The van der Waals surface area contributed by atoms with Crippen molar-refractivity contribution in [1.29, 1.82) is 0 Å². The van der Waals surface area contributed by atoms with Gasteiger partial charge in [-0.1, -0.05) is 18.5 Å². The van der Waals surface area contributed by atoms with Crippen LogP contribution in [0.15, 0.2) is 4.52 Å². The number of aromatic nitrogens is 2. The summed E-state index contributed by atoms with van der Waals surface area (Å²) in [7, 11) is 0. The van der Waals surface area contributed by atoms with Crippen LogP contribution in [-0.4, -0.2) is 16.2 Å². The maximum Gasteiger partial charge on any atom is 0.240 e. The topological polar surface area (TPSA) is 51.0 Å². The highest BCUT2D eigenvalue weighted by Crippen LogP contribution is 2.27. The summed E-state index contributed by atoms with van der Waals surface area (Å²) in [4.78, 5) is 4.17. The van der Waals surface area contributed by atoms with Gasteiger partial charge in [0.25, 0.3) is 0 Å². The predicted molar refractivity (Wildman–Crippen MR) is 57.3 cm³/mol. The highest BCUT2D eigenvalue weighted by Gasteiger charge is 2.23. The number of rotatable bonds is 4. The molecule has 4 nitrogen and oxygen atoms in total. The highest BCUT2D eigenvalue weighted by atomic mass is 16.5. The average molecular weight is 209 g/mol. The number of aryl methyl sites for hydroxylation is 1. The van der Waals surface area contributed by atoms with E-state index in [-0.39, 0.29) is 0 Å². The molecule has 1 fully saturated rings. The fourth-order valence-corrected chi connectivity index (χ4v) is 2.27. The molecule has 0 bridgehead atoms. The van der Waals surface area contributed by atoms with Crippen LogP contribution in [0.1, 0.15) is 44.3 Å². The van der Waals surface area contributed by atoms with Crippen LogP contribution >= 0.6 is 0 Å². The zero-order valence-electron chi connectivity index (χ0n) is 9.49. The molecule has 2 unspecified atom stereocenters. The Morgan fingerprint density at radius 3 is 2.93 bits per heavy atom. The van der Waals surface area contributed by atoms with Crippen molar-refractivity contribution >= 4 is 0 Å². The number of hydrogen-bond acceptors (Lipinski definition) is 4. The summed E-state index contributed by atoms with van der Waals surface area (Å²) in [6.07, 6.45) is 5.24. The molecule has 0 aromatic carbocycles. The van der Waals surface area contributed by atoms with Gasteiger partial charge in [-0.2, -0.15) is 4.98 Å². The Kier molecular flexibility index (Phi) is 3.36. The van der Waals surface area contributed by atoms with E-state index in [1.807, 2.05) is 6.92 Å². The van der Waals surface area contributed by atoms with Crippen LogP contribution < -0.4 is 5.32 Å². The van der Waals surface area contributed by atoms with Crippen LogP contribution in [0.25, 0.3) is 0 Å². The van der Waals surface area contributed by atoms with E-state index in [0.29, 0.717) is 24.3 Å². The molecular weight excluding hydrogens is 190 g/mol. The van der Waals surface area contributed by atoms with Gasteiger partial charge in [0.15, 0.2) is 5.82 Å². The minimum absolute atomic E-state index is 0.641. The quantitative estimate of drug-likeness (QED) is 0.824. The van der Waals surface area contributed by atoms with Crippen LogP contribution in [0.5, 0.6) is 0 Å². The second-order valence-electron chi connectivity index (χ2n) is 4.40. The molecule has 0 spiro atoms. The van der Waals surface area contributed by atoms with Crippen LogP contribution in [0.3, 0.4) is 0 Å². The van der Waals surface area contributed by atoms with Crippen molar-refractivity contribution in [2.24, 2.45) is 5.92 Å². The van der Waals surface area contributed by atoms with Gasteiger partial charge in [-0.3, -0.25) is 0 Å². The van der Waals surface area contributed by atoms with E-state index in [0.717, 1.165) is 5.92 Å². The number of nitrogens with one attached hydrogen (secondary N) is 1. The summed E-state index contributed by atoms with van der Waals surface area (Å²) >= 11 is 0. The third-order valence-electron chi connectivity index (χ3n) is 3.23. The summed E-state index contributed by atoms with van der Waals surface area (Å²) in [6.45, 7) is 4.83. The standard InChI is InChI=1S/C11H19N3O/c1-3-9-4-5-10(6-9)12-7-11-13-8(2)14-15-11/h9-10,12H,3-7H2,1-2H3. The Balaban J connectivity index is 1.75. The first-order valence-corrected chi connectivity index (χ1v) is 5.80. The summed E-state index contributed by atoms with van der Waals surface area (Å²) in [6, 6.07) is 0.641. The van der Waals surface area contributed by atoms with Gasteiger partial charge in [-0.15, -0.1) is 0 Å². The summed E-state index contributed by atoms with van der Waals surface area (Å²) in [5.41, 5.74) is 0. The fraction of sp³-hybridized carbons (Fsp3) is 0.818. The molecule has 0 saturated heterocycles. The molecule has 0 radical (unpaired) electrons. The lowest BCUT2D eigenvalue weighted by atomic mass is 10.1. The first-order valence-electron chi connectivity index (χ1n) is 5.80. The van der Waals surface area contributed by atoms with Crippen molar-refractivity contribution < 1.29 is 4.52 Å². The van der Waals surface area contributed by atoms with Crippen LogP contribution in [0, 0.1) is 12.8 Å². The molecule has 1 heterocycles. The molecule has 2 atom stereocenters. The maximum absolute atomic E-state index is 5.05. The molecule has 1 saturated carbocycles. The van der Waals surface area contributed by atoms with Gasteiger partial charge in [0.2, 0.25) is 5.89 Å². The first-order chi connectivity index (χ1) is 7.28. The molecule has 1 aliphatic carbocycles. The van der Waals surface area contributed by atoms with Crippen molar-refractivity contribution in [3.8, 4) is 0 Å². The lowest BCUT2D eigenvalue weighted by Gasteiger charge is -2.10. The first kappa shape index (κ1) is 10.6. The molecule has 1 N–H and O–H groups in total. The zero-order valence-corrected chi connectivity index (χ0v) is 9.49. The highest BCUT2D eigenvalue weighted by molar-refractivity contribution is 4.85. The summed E-state index contributed by atoms with van der Waals surface area (Å²) < 4.78 is 5.05. The van der Waals surface area contributed by atoms with Gasteiger partial charge < -0.3 is 9.84 Å². The van der Waals surface area contributed by atoms with E-state index >= 15 is 0 Å². The van der Waals surface area contributed by atoms with Crippen molar-refractivity contribution in [3.63, 3.8) is 0 Å². The molecule has 0 amide bonds. The molecule has 2 rings (SSSR count). The van der Waals surface area contributed by atoms with E-state index in [1.54, 1.807) is 0 Å². The third kappa shape index (κ3) is 2.78. The summed E-state index contributed by atoms with van der Waals surface area (Å²) in [5, 5.41) is 7.25. The van der Waals surface area contributed by atoms with E-state index in [1.165, 1.54) is 25.7 Å². The van der Waals surface area contributed by atoms with Crippen LogP contribution in [0.2, 0.25) is 0 Å². The lowest BCUT2D eigenvalue weighted by molar-refractivity contribution is 0.352. The second-order valence-corrected chi connectivity index (χ2v) is 4.40. The Hall–Kier alpha value is -0.900. The van der Waals surface area contributed by atoms with Crippen molar-refractivity contribution in [2.75, 3.05) is 0 Å². The van der Waals surface area contributed by atoms with Gasteiger partial charge >= 0.3 is 0 Å². The van der Waals surface area contributed by atoms with E-state index in [4.69, 9.17) is 4.52 Å². The Morgan fingerprint density at radius 1 is 1.47 bits per heavy atom. The van der Waals surface area contributed by atoms with Gasteiger partial charge in [0.05, 0.1) is 6.54 Å². The predicted octanol–water partition coefficient (Wildman–Crippen LogP) is 2.05. The zero-order chi connectivity index (χ0) is 10.7. The smallest absolute Gasteiger partial charge is 0.240 e. The molecule has 0 aliphatic heterocycles. The molecule has 4 heteroatoms. The van der Waals surface area contributed by atoms with Crippen molar-refractivity contribution in [3.05, 3.63) is 11.7 Å². The van der Waals surface area contributed by atoms with E-state index in [9.17, 15) is 0 Å². The summed E-state index contributed by atoms with van der Waals surface area (Å²) in [5.74, 6) is 2.32. The van der Waals surface area contributed by atoms with Gasteiger partial charge in [-0.05, 0) is 32.1 Å². The molecule has 1 aromatic rings. The minimum atomic E-state index is 0.641. The largest absolute Gasteiger partial charge is 0.338 e. The van der Waals surface area contributed by atoms with Crippen LogP contribution in [-0.2, 0) is 6.54 Å². The van der Waals surface area contributed by atoms with Crippen LogP contribution in [0.4, 0.5) is 0 Å². The van der Waals surface area contributed by atoms with E-state index in [2.05, 4.69) is 22.4 Å². The Morgan fingerprint density at radius 2 is 2.33 bits per heavy atom. The SMILES string of the molecule is CCC1CCC(NCc2nc(C)no2)C1. The third-order valence-corrected chi connectivity index (χ3v) is 3.23. The second kappa shape index (κ2) is 4.75. The number of hydrogen-bond donors (Lipinski definition) is 1. The van der Waals surface area contributed by atoms with Crippen molar-refractivity contribution in [1.82, 2.24) is 15.5 Å². The Labute approximate surface area is 90.4 Å². The molecular formula is C11H19N3O. The Bertz CT molecular complexity index is 311. The maximum atomic E-state index is 5.05. The van der Waals surface area contributed by atoms with Gasteiger partial charge in [0.1, 0.15) is 0 Å². The average Bonchev–Trinajstić information content (AvgIpc) is 2.83. The minimum Gasteiger partial charge on any atom is -0.338 e. The monoisotopic (exact) mass is 209 g/mol. The molecule has 1 aromatic heterocycles. The fourth-order valence-electron chi connectivity index (χ4n) is 2.27. The van der Waals surface area contributed by atoms with E-state index < -0.39 is 0 Å². The van der Waals surface area contributed by atoms with Crippen molar-refractivity contribution in [2.45, 2.75) is 52.1 Å². The lowest BCUT2D eigenvalue weighted by Crippen LogP contribution is -2.26. The van der Waals surface area contributed by atoms with Gasteiger partial charge in [-0.25, -0.2) is 0 Å².